The first-order chi connectivity index (χ1) is 17.5. The molecule has 3 aromatic carbocycles. The molecule has 1 N–H and O–H groups in total. The van der Waals surface area contributed by atoms with Gasteiger partial charge in [0.2, 0.25) is 5.91 Å². The summed E-state index contributed by atoms with van der Waals surface area (Å²) in [6, 6.07) is 11.9. The molecule has 0 aliphatic rings. The summed E-state index contributed by atoms with van der Waals surface area (Å²) >= 11 is 5.91. The van der Waals surface area contributed by atoms with Gasteiger partial charge in [-0.15, -0.1) is 0 Å². The molecule has 1 amide bonds. The summed E-state index contributed by atoms with van der Waals surface area (Å²) in [6.45, 7) is 0.917. The molecule has 0 saturated carbocycles. The predicted octanol–water partition coefficient (Wildman–Crippen LogP) is 4.43. The van der Waals surface area contributed by atoms with Gasteiger partial charge in [0.05, 0.1) is 42.5 Å². The highest BCUT2D eigenvalue weighted by Crippen LogP contribution is 2.33. The SMILES string of the molecule is COC(=O)c1cccc(NC(=O)CN(c2ccc(F)c(Cl)c2)S(=O)(=O)c2ccc(OC)c(OC)c2)c1C. The van der Waals surface area contributed by atoms with Gasteiger partial charge < -0.3 is 19.5 Å². The van der Waals surface area contributed by atoms with Crippen LogP contribution in [-0.4, -0.2) is 48.2 Å². The third kappa shape index (κ3) is 5.95. The minimum absolute atomic E-state index is 0.0450. The fourth-order valence-corrected chi connectivity index (χ4v) is 5.09. The number of halogens is 2. The van der Waals surface area contributed by atoms with E-state index in [1.807, 2.05) is 0 Å². The minimum Gasteiger partial charge on any atom is -0.493 e. The number of nitrogens with one attached hydrogen (secondary N) is 1. The average molecular weight is 551 g/mol. The second kappa shape index (κ2) is 11.5. The van der Waals surface area contributed by atoms with Gasteiger partial charge in [0.25, 0.3) is 10.0 Å². The quantitative estimate of drug-likeness (QED) is 0.392. The number of esters is 1. The molecule has 9 nitrogen and oxygen atoms in total. The lowest BCUT2D eigenvalue weighted by Crippen LogP contribution is -2.38. The molecule has 196 valence electrons. The predicted molar refractivity (Wildman–Crippen MR) is 137 cm³/mol. The van der Waals surface area contributed by atoms with Crippen LogP contribution >= 0.6 is 11.6 Å². The Balaban J connectivity index is 2.03. The third-order valence-electron chi connectivity index (χ3n) is 5.43. The molecule has 0 aromatic heterocycles. The molecule has 0 aliphatic carbocycles. The number of sulfonamides is 1. The Bertz CT molecular complexity index is 1450. The molecule has 0 bridgehead atoms. The van der Waals surface area contributed by atoms with Gasteiger partial charge in [-0.1, -0.05) is 17.7 Å². The van der Waals surface area contributed by atoms with E-state index in [9.17, 15) is 22.4 Å². The van der Waals surface area contributed by atoms with E-state index < -0.39 is 34.3 Å². The van der Waals surface area contributed by atoms with Gasteiger partial charge in [-0.2, -0.15) is 0 Å². The lowest BCUT2D eigenvalue weighted by atomic mass is 10.1. The number of carbonyl (C=O) groups is 2. The standard InChI is InChI=1S/C25H24ClFN2O7S/c1-15-18(25(31)36-4)6-5-7-21(15)28-24(30)14-29(16-8-10-20(27)19(26)12-16)37(32,33)17-9-11-22(34-2)23(13-17)35-3/h5-13H,14H2,1-4H3,(H,28,30). The van der Waals surface area contributed by atoms with Gasteiger partial charge in [-0.25, -0.2) is 17.6 Å². The number of anilines is 2. The normalized spacial score (nSPS) is 11.0. The lowest BCUT2D eigenvalue weighted by molar-refractivity contribution is -0.114. The van der Waals surface area contributed by atoms with E-state index in [0.717, 1.165) is 16.4 Å². The van der Waals surface area contributed by atoms with Crippen molar-refractivity contribution in [2.24, 2.45) is 0 Å². The van der Waals surface area contributed by atoms with Crippen molar-refractivity contribution in [2.75, 3.05) is 37.5 Å². The summed E-state index contributed by atoms with van der Waals surface area (Å²) in [5.74, 6) is -1.62. The van der Waals surface area contributed by atoms with Gasteiger partial charge >= 0.3 is 5.97 Å². The largest absolute Gasteiger partial charge is 0.493 e. The topological polar surface area (TPSA) is 111 Å². The number of methoxy groups -OCH3 is 3. The van der Waals surface area contributed by atoms with Crippen molar-refractivity contribution in [3.8, 4) is 11.5 Å². The maximum atomic E-state index is 13.8. The molecule has 0 radical (unpaired) electrons. The van der Waals surface area contributed by atoms with E-state index in [4.69, 9.17) is 25.8 Å². The Morgan fingerprint density at radius 2 is 1.70 bits per heavy atom. The van der Waals surface area contributed by atoms with E-state index in [-0.39, 0.29) is 32.6 Å². The van der Waals surface area contributed by atoms with Gasteiger partial charge in [-0.3, -0.25) is 9.10 Å². The summed E-state index contributed by atoms with van der Waals surface area (Å²) < 4.78 is 57.1. The van der Waals surface area contributed by atoms with Crippen LogP contribution in [-0.2, 0) is 19.6 Å². The van der Waals surface area contributed by atoms with Gasteiger partial charge in [0.15, 0.2) is 11.5 Å². The van der Waals surface area contributed by atoms with Crippen LogP contribution in [0.1, 0.15) is 15.9 Å². The first kappa shape index (κ1) is 27.8. The maximum Gasteiger partial charge on any atom is 0.338 e. The second-order valence-electron chi connectivity index (χ2n) is 7.64. The van der Waals surface area contributed by atoms with Crippen LogP contribution in [0, 0.1) is 12.7 Å². The highest BCUT2D eigenvalue weighted by atomic mass is 35.5. The molecule has 12 heteroatoms. The number of benzene rings is 3. The van der Waals surface area contributed by atoms with Crippen molar-refractivity contribution in [3.05, 3.63) is 76.6 Å². The van der Waals surface area contributed by atoms with Gasteiger partial charge in [0.1, 0.15) is 12.4 Å². The van der Waals surface area contributed by atoms with Crippen LogP contribution in [0.15, 0.2) is 59.5 Å². The number of hydrogen-bond acceptors (Lipinski definition) is 7. The molecule has 0 fully saturated rings. The molecule has 0 unspecified atom stereocenters. The average Bonchev–Trinajstić information content (AvgIpc) is 2.89. The number of ether oxygens (including phenoxy) is 3. The number of carbonyl (C=O) groups excluding carboxylic acids is 2. The molecular formula is C25H24ClFN2O7S. The Hall–Kier alpha value is -3.83. The molecule has 0 atom stereocenters. The maximum absolute atomic E-state index is 13.8. The third-order valence-corrected chi connectivity index (χ3v) is 7.49. The molecule has 0 aliphatic heterocycles. The summed E-state index contributed by atoms with van der Waals surface area (Å²) in [5.41, 5.74) is 0.909. The number of amides is 1. The fourth-order valence-electron chi connectivity index (χ4n) is 3.48. The van der Waals surface area contributed by atoms with E-state index in [2.05, 4.69) is 5.32 Å². The summed E-state index contributed by atoms with van der Waals surface area (Å²) in [5, 5.41) is 2.29. The van der Waals surface area contributed by atoms with Crippen LogP contribution < -0.4 is 19.1 Å². The highest BCUT2D eigenvalue weighted by Gasteiger charge is 2.29. The Morgan fingerprint density at radius 1 is 1.00 bits per heavy atom. The zero-order valence-electron chi connectivity index (χ0n) is 20.4. The van der Waals surface area contributed by atoms with Crippen molar-refractivity contribution in [2.45, 2.75) is 11.8 Å². The van der Waals surface area contributed by atoms with Crippen molar-refractivity contribution in [1.82, 2.24) is 0 Å². The van der Waals surface area contributed by atoms with Crippen LogP contribution in [0.4, 0.5) is 15.8 Å². The lowest BCUT2D eigenvalue weighted by Gasteiger charge is -2.25. The molecule has 3 aromatic rings. The van der Waals surface area contributed by atoms with Crippen molar-refractivity contribution in [1.29, 1.82) is 0 Å². The smallest absolute Gasteiger partial charge is 0.338 e. The monoisotopic (exact) mass is 550 g/mol. The molecule has 37 heavy (non-hydrogen) atoms. The number of hydrogen-bond donors (Lipinski definition) is 1. The summed E-state index contributed by atoms with van der Waals surface area (Å²) in [6.07, 6.45) is 0. The minimum atomic E-state index is -4.38. The molecule has 0 saturated heterocycles. The molecule has 0 spiro atoms. The van der Waals surface area contributed by atoms with E-state index >= 15 is 0 Å². The van der Waals surface area contributed by atoms with Crippen LogP contribution in [0.2, 0.25) is 5.02 Å². The zero-order chi connectivity index (χ0) is 27.3. The highest BCUT2D eigenvalue weighted by molar-refractivity contribution is 7.92. The van der Waals surface area contributed by atoms with Crippen LogP contribution in [0.3, 0.4) is 0 Å². The first-order valence-corrected chi connectivity index (χ1v) is 12.5. The molecule has 0 heterocycles. The first-order valence-electron chi connectivity index (χ1n) is 10.7. The Kier molecular flexibility index (Phi) is 8.61. The van der Waals surface area contributed by atoms with Crippen molar-refractivity contribution in [3.63, 3.8) is 0 Å². The van der Waals surface area contributed by atoms with E-state index in [1.165, 1.54) is 51.7 Å². The summed E-state index contributed by atoms with van der Waals surface area (Å²) in [4.78, 5) is 24.9. The summed E-state index contributed by atoms with van der Waals surface area (Å²) in [7, 11) is -0.394. The van der Waals surface area contributed by atoms with Gasteiger partial charge in [0, 0.05) is 11.8 Å². The fraction of sp³-hybridized carbons (Fsp3) is 0.200. The van der Waals surface area contributed by atoms with Crippen molar-refractivity contribution < 1.29 is 36.6 Å². The Morgan fingerprint density at radius 3 is 2.32 bits per heavy atom. The molecular weight excluding hydrogens is 527 g/mol. The van der Waals surface area contributed by atoms with Crippen LogP contribution in [0.25, 0.3) is 0 Å². The Labute approximate surface area is 218 Å². The zero-order valence-corrected chi connectivity index (χ0v) is 21.9. The molecule has 3 rings (SSSR count). The number of rotatable bonds is 9. The van der Waals surface area contributed by atoms with Crippen molar-refractivity contribution >= 4 is 44.9 Å². The number of nitrogens with zero attached hydrogens (tertiary/aromatic N) is 1. The van der Waals surface area contributed by atoms with E-state index in [1.54, 1.807) is 19.1 Å². The second-order valence-corrected chi connectivity index (χ2v) is 9.91. The van der Waals surface area contributed by atoms with E-state index in [0.29, 0.717) is 11.3 Å². The van der Waals surface area contributed by atoms with Gasteiger partial charge in [-0.05, 0) is 55.0 Å². The van der Waals surface area contributed by atoms with Crippen LogP contribution in [0.5, 0.6) is 11.5 Å².